The summed E-state index contributed by atoms with van der Waals surface area (Å²) >= 11 is 0. The Labute approximate surface area is 147 Å². The largest absolute Gasteiger partial charge is 0.416 e. The zero-order valence-electron chi connectivity index (χ0n) is 14.5. The molecule has 1 aromatic rings. The van der Waals surface area contributed by atoms with Crippen LogP contribution in [0.25, 0.3) is 0 Å². The zero-order valence-corrected chi connectivity index (χ0v) is 14.5. The minimum Gasteiger partial charge on any atom is -0.390 e. The lowest BCUT2D eigenvalue weighted by Gasteiger charge is -2.41. The van der Waals surface area contributed by atoms with Crippen LogP contribution < -0.4 is 0 Å². The summed E-state index contributed by atoms with van der Waals surface area (Å²) in [5, 5.41) is 10.6. The number of rotatable bonds is 3. The molecule has 3 nitrogen and oxygen atoms in total. The van der Waals surface area contributed by atoms with Crippen LogP contribution in [0.2, 0.25) is 0 Å². The molecule has 0 spiro atoms. The van der Waals surface area contributed by atoms with Crippen molar-refractivity contribution >= 4 is 0 Å². The highest BCUT2D eigenvalue weighted by molar-refractivity contribution is 5.25. The predicted octanol–water partition coefficient (Wildman–Crippen LogP) is 3.52. The van der Waals surface area contributed by atoms with E-state index in [2.05, 4.69) is 9.80 Å². The molecular formula is C19H27F3N2O. The van der Waals surface area contributed by atoms with Crippen LogP contribution in [0.5, 0.6) is 0 Å². The number of alkyl halides is 3. The number of piperidine rings is 1. The monoisotopic (exact) mass is 356 g/mol. The summed E-state index contributed by atoms with van der Waals surface area (Å²) in [6.07, 6.45) is 1.05. The van der Waals surface area contributed by atoms with E-state index in [9.17, 15) is 18.3 Å². The van der Waals surface area contributed by atoms with Crippen molar-refractivity contribution < 1.29 is 18.3 Å². The third-order valence-corrected chi connectivity index (χ3v) is 5.40. The maximum absolute atomic E-state index is 12.8. The zero-order chi connectivity index (χ0) is 17.9. The molecule has 0 bridgehead atoms. The lowest BCUT2D eigenvalue weighted by molar-refractivity contribution is -0.137. The van der Waals surface area contributed by atoms with Gasteiger partial charge in [-0.05, 0) is 44.0 Å². The van der Waals surface area contributed by atoms with Gasteiger partial charge in [-0.3, -0.25) is 9.80 Å². The van der Waals surface area contributed by atoms with Gasteiger partial charge >= 0.3 is 6.18 Å². The number of benzene rings is 1. The summed E-state index contributed by atoms with van der Waals surface area (Å²) in [6, 6.07) is 5.69. The van der Waals surface area contributed by atoms with Crippen molar-refractivity contribution in [1.82, 2.24) is 9.80 Å². The molecule has 0 unspecified atom stereocenters. The smallest absolute Gasteiger partial charge is 0.390 e. The van der Waals surface area contributed by atoms with Crippen LogP contribution in [0, 0.1) is 0 Å². The topological polar surface area (TPSA) is 26.7 Å². The minimum atomic E-state index is -4.31. The number of β-amino-alcohol motifs (C(OH)–C–C–N with tert-alkyl or cyclic N) is 1. The van der Waals surface area contributed by atoms with Crippen molar-refractivity contribution in [2.24, 2.45) is 0 Å². The number of hydrogen-bond acceptors (Lipinski definition) is 3. The molecule has 140 valence electrons. The molecule has 2 fully saturated rings. The van der Waals surface area contributed by atoms with Gasteiger partial charge in [0, 0.05) is 25.7 Å². The van der Waals surface area contributed by atoms with Crippen LogP contribution in [-0.2, 0) is 12.7 Å². The van der Waals surface area contributed by atoms with Crippen molar-refractivity contribution in [3.63, 3.8) is 0 Å². The fraction of sp³-hybridized carbons (Fsp3) is 0.684. The second-order valence-electron chi connectivity index (χ2n) is 7.31. The molecule has 1 aromatic carbocycles. The highest BCUT2D eigenvalue weighted by Gasteiger charge is 2.33. The molecule has 1 N–H and O–H groups in total. The molecule has 6 heteroatoms. The van der Waals surface area contributed by atoms with E-state index in [1.165, 1.54) is 37.8 Å². The van der Waals surface area contributed by atoms with E-state index >= 15 is 0 Å². The molecule has 2 saturated heterocycles. The Bertz CT molecular complexity index is 556. The summed E-state index contributed by atoms with van der Waals surface area (Å²) in [7, 11) is 0. The Kier molecular flexibility index (Phi) is 6.02. The Morgan fingerprint density at radius 1 is 1.04 bits per heavy atom. The van der Waals surface area contributed by atoms with Crippen LogP contribution in [0.3, 0.4) is 0 Å². The normalized spacial score (nSPS) is 27.2. The summed E-state index contributed by atoms with van der Waals surface area (Å²) < 4.78 is 38.5. The van der Waals surface area contributed by atoms with E-state index in [0.29, 0.717) is 18.7 Å². The quantitative estimate of drug-likeness (QED) is 0.898. The van der Waals surface area contributed by atoms with Crippen LogP contribution in [-0.4, -0.2) is 53.2 Å². The number of halogens is 3. The fourth-order valence-corrected chi connectivity index (χ4v) is 4.09. The van der Waals surface area contributed by atoms with Gasteiger partial charge in [0.25, 0.3) is 0 Å². The average molecular weight is 356 g/mol. The Hall–Kier alpha value is -1.11. The summed E-state index contributed by atoms with van der Waals surface area (Å²) in [5.74, 6) is 0. The second kappa shape index (κ2) is 8.06. The van der Waals surface area contributed by atoms with E-state index < -0.39 is 17.8 Å². The molecule has 2 aliphatic heterocycles. The highest BCUT2D eigenvalue weighted by Crippen LogP contribution is 2.30. The van der Waals surface area contributed by atoms with Gasteiger partial charge in [-0.2, -0.15) is 13.2 Å². The van der Waals surface area contributed by atoms with Crippen molar-refractivity contribution in [3.05, 3.63) is 35.4 Å². The lowest BCUT2D eigenvalue weighted by Crippen LogP contribution is -2.54. The van der Waals surface area contributed by atoms with Gasteiger partial charge < -0.3 is 5.11 Å². The van der Waals surface area contributed by atoms with E-state index in [-0.39, 0.29) is 6.04 Å². The Morgan fingerprint density at radius 2 is 1.76 bits per heavy atom. The average Bonchev–Trinajstić information content (AvgIpc) is 2.84. The van der Waals surface area contributed by atoms with Gasteiger partial charge in [0.15, 0.2) is 0 Å². The SMILES string of the molecule is O[C@@H]1CN(Cc2cccc(C(F)(F)F)c2)CC[C@H]1N1CCCCCC1. The van der Waals surface area contributed by atoms with Gasteiger partial charge in [0.1, 0.15) is 0 Å². The van der Waals surface area contributed by atoms with Crippen LogP contribution in [0.15, 0.2) is 24.3 Å². The van der Waals surface area contributed by atoms with E-state index in [0.717, 1.165) is 32.1 Å². The van der Waals surface area contributed by atoms with Crippen LogP contribution in [0.1, 0.15) is 43.2 Å². The summed E-state index contributed by atoms with van der Waals surface area (Å²) in [4.78, 5) is 4.48. The number of nitrogens with zero attached hydrogens (tertiary/aromatic N) is 2. The molecule has 3 rings (SSSR count). The first kappa shape index (κ1) is 18.7. The maximum atomic E-state index is 12.8. The molecular weight excluding hydrogens is 329 g/mol. The summed E-state index contributed by atoms with van der Waals surface area (Å²) in [5.41, 5.74) is 0.0419. The number of hydrogen-bond donors (Lipinski definition) is 1. The summed E-state index contributed by atoms with van der Waals surface area (Å²) in [6.45, 7) is 3.89. The third-order valence-electron chi connectivity index (χ3n) is 5.40. The van der Waals surface area contributed by atoms with Crippen molar-refractivity contribution in [2.45, 2.75) is 57.0 Å². The third kappa shape index (κ3) is 4.96. The van der Waals surface area contributed by atoms with Crippen molar-refractivity contribution in [3.8, 4) is 0 Å². The van der Waals surface area contributed by atoms with E-state index in [1.54, 1.807) is 6.07 Å². The van der Waals surface area contributed by atoms with Crippen molar-refractivity contribution in [2.75, 3.05) is 26.2 Å². The highest BCUT2D eigenvalue weighted by atomic mass is 19.4. The molecule has 0 radical (unpaired) electrons. The van der Waals surface area contributed by atoms with Crippen LogP contribution in [0.4, 0.5) is 13.2 Å². The van der Waals surface area contributed by atoms with Gasteiger partial charge in [-0.25, -0.2) is 0 Å². The van der Waals surface area contributed by atoms with Crippen molar-refractivity contribution in [1.29, 1.82) is 0 Å². The molecule has 0 saturated carbocycles. The van der Waals surface area contributed by atoms with Crippen LogP contribution >= 0.6 is 0 Å². The Balaban J connectivity index is 1.58. The maximum Gasteiger partial charge on any atom is 0.416 e. The van der Waals surface area contributed by atoms with Gasteiger partial charge in [0.05, 0.1) is 11.7 Å². The first-order chi connectivity index (χ1) is 11.9. The standard InChI is InChI=1S/C19H27F3N2O/c20-19(21,22)16-7-5-6-15(12-16)13-23-11-8-17(18(25)14-23)24-9-3-1-2-4-10-24/h5-7,12,17-18,25H,1-4,8-11,13-14H2/t17-,18-/m1/s1. The van der Waals surface area contributed by atoms with E-state index in [4.69, 9.17) is 0 Å². The van der Waals surface area contributed by atoms with Gasteiger partial charge in [0.2, 0.25) is 0 Å². The number of likely N-dealkylation sites (tertiary alicyclic amines) is 2. The molecule has 2 heterocycles. The fourth-order valence-electron chi connectivity index (χ4n) is 4.09. The molecule has 2 atom stereocenters. The minimum absolute atomic E-state index is 0.191. The number of aliphatic hydroxyl groups excluding tert-OH is 1. The predicted molar refractivity (Wildman–Crippen MR) is 91.2 cm³/mol. The molecule has 2 aliphatic rings. The molecule has 25 heavy (non-hydrogen) atoms. The lowest BCUT2D eigenvalue weighted by atomic mass is 9.99. The molecule has 0 amide bonds. The van der Waals surface area contributed by atoms with E-state index in [1.807, 2.05) is 0 Å². The van der Waals surface area contributed by atoms with Gasteiger partial charge in [-0.1, -0.05) is 31.0 Å². The first-order valence-electron chi connectivity index (χ1n) is 9.24. The number of aliphatic hydroxyl groups is 1. The Morgan fingerprint density at radius 3 is 2.40 bits per heavy atom. The second-order valence-corrected chi connectivity index (χ2v) is 7.31. The molecule has 0 aliphatic carbocycles. The molecule has 0 aromatic heterocycles. The van der Waals surface area contributed by atoms with Gasteiger partial charge in [-0.15, -0.1) is 0 Å². The first-order valence-corrected chi connectivity index (χ1v) is 9.24.